The van der Waals surface area contributed by atoms with Gasteiger partial charge in [0.1, 0.15) is 0 Å². The minimum absolute atomic E-state index is 0.542. The Labute approximate surface area is 152 Å². The molecule has 2 nitrogen and oxygen atoms in total. The van der Waals surface area contributed by atoms with Gasteiger partial charge in [-0.2, -0.15) is 18.3 Å². The molecule has 0 atom stereocenters. The van der Waals surface area contributed by atoms with Crippen molar-refractivity contribution in [3.8, 4) is 11.1 Å². The van der Waals surface area contributed by atoms with Gasteiger partial charge in [-0.1, -0.05) is 54.6 Å². The Morgan fingerprint density at radius 2 is 1.52 bits per heavy atom. The SMILES string of the molecule is FC(F)(F)c1ccc2c(c1)c(-c1ccccc1)c1c3ccccc3cnn21. The number of benzene rings is 3. The Hall–Kier alpha value is -3.34. The number of hydrogen-bond acceptors (Lipinski definition) is 1. The number of rotatable bonds is 1. The van der Waals surface area contributed by atoms with Crippen LogP contribution in [-0.2, 0) is 6.18 Å². The van der Waals surface area contributed by atoms with Gasteiger partial charge in [0.05, 0.1) is 22.8 Å². The summed E-state index contributed by atoms with van der Waals surface area (Å²) < 4.78 is 41.7. The van der Waals surface area contributed by atoms with E-state index in [1.165, 1.54) is 12.1 Å². The molecule has 0 saturated carbocycles. The fourth-order valence-corrected chi connectivity index (χ4v) is 3.66. The third kappa shape index (κ3) is 2.39. The van der Waals surface area contributed by atoms with Gasteiger partial charge in [0.2, 0.25) is 0 Å². The van der Waals surface area contributed by atoms with Crippen LogP contribution in [0.15, 0.2) is 79.0 Å². The van der Waals surface area contributed by atoms with Crippen LogP contribution in [0.2, 0.25) is 0 Å². The molecule has 5 rings (SSSR count). The van der Waals surface area contributed by atoms with Crippen molar-refractivity contribution < 1.29 is 13.2 Å². The van der Waals surface area contributed by atoms with Gasteiger partial charge in [-0.15, -0.1) is 0 Å². The average Bonchev–Trinajstić information content (AvgIpc) is 3.02. The average molecular weight is 362 g/mol. The van der Waals surface area contributed by atoms with Gasteiger partial charge in [0, 0.05) is 21.7 Å². The minimum Gasteiger partial charge on any atom is -0.232 e. The van der Waals surface area contributed by atoms with Crippen molar-refractivity contribution in [2.24, 2.45) is 0 Å². The Morgan fingerprint density at radius 3 is 2.30 bits per heavy atom. The molecule has 2 heterocycles. The molecule has 132 valence electrons. The second-order valence-corrected chi connectivity index (χ2v) is 6.46. The molecule has 0 radical (unpaired) electrons. The second kappa shape index (κ2) is 5.58. The first-order valence-corrected chi connectivity index (χ1v) is 8.49. The summed E-state index contributed by atoms with van der Waals surface area (Å²) in [5.41, 5.74) is 2.44. The zero-order chi connectivity index (χ0) is 18.6. The zero-order valence-electron chi connectivity index (χ0n) is 14.0. The van der Waals surface area contributed by atoms with E-state index in [0.717, 1.165) is 33.5 Å². The highest BCUT2D eigenvalue weighted by atomic mass is 19.4. The molecule has 0 unspecified atom stereocenters. The molecule has 0 saturated heterocycles. The lowest BCUT2D eigenvalue weighted by Crippen LogP contribution is -2.04. The van der Waals surface area contributed by atoms with Crippen LogP contribution in [0.1, 0.15) is 5.56 Å². The molecule has 0 aliphatic rings. The van der Waals surface area contributed by atoms with E-state index in [-0.39, 0.29) is 0 Å². The summed E-state index contributed by atoms with van der Waals surface area (Å²) in [6.07, 6.45) is -2.65. The first-order chi connectivity index (χ1) is 13.0. The van der Waals surface area contributed by atoms with Crippen LogP contribution in [0.3, 0.4) is 0 Å². The minimum atomic E-state index is -4.40. The molecular formula is C22H13F3N2. The van der Waals surface area contributed by atoms with Gasteiger partial charge in [0.15, 0.2) is 0 Å². The monoisotopic (exact) mass is 362 g/mol. The molecule has 2 aromatic heterocycles. The fourth-order valence-electron chi connectivity index (χ4n) is 3.66. The van der Waals surface area contributed by atoms with E-state index in [1.807, 2.05) is 54.6 Å². The zero-order valence-corrected chi connectivity index (χ0v) is 14.0. The number of aromatic nitrogens is 2. The predicted octanol–water partition coefficient (Wildman–Crippen LogP) is 6.33. The van der Waals surface area contributed by atoms with Gasteiger partial charge in [0.25, 0.3) is 0 Å². The Morgan fingerprint density at radius 1 is 0.778 bits per heavy atom. The number of hydrogen-bond donors (Lipinski definition) is 0. The van der Waals surface area contributed by atoms with Crippen molar-refractivity contribution in [1.82, 2.24) is 9.61 Å². The quantitative estimate of drug-likeness (QED) is 0.341. The normalized spacial score (nSPS) is 12.3. The number of alkyl halides is 3. The Balaban J connectivity index is 2.03. The molecular weight excluding hydrogens is 349 g/mol. The van der Waals surface area contributed by atoms with Gasteiger partial charge in [-0.05, 0) is 23.8 Å². The van der Waals surface area contributed by atoms with Crippen LogP contribution in [0.4, 0.5) is 13.2 Å². The van der Waals surface area contributed by atoms with E-state index in [9.17, 15) is 13.2 Å². The van der Waals surface area contributed by atoms with E-state index < -0.39 is 11.7 Å². The van der Waals surface area contributed by atoms with Crippen molar-refractivity contribution in [2.75, 3.05) is 0 Å². The second-order valence-electron chi connectivity index (χ2n) is 6.46. The van der Waals surface area contributed by atoms with E-state index in [0.29, 0.717) is 10.9 Å². The molecule has 0 N–H and O–H groups in total. The smallest absolute Gasteiger partial charge is 0.232 e. The number of fused-ring (bicyclic) bond motifs is 5. The van der Waals surface area contributed by atoms with Crippen LogP contribution in [0.5, 0.6) is 0 Å². The summed E-state index contributed by atoms with van der Waals surface area (Å²) in [5, 5.41) is 6.95. The first-order valence-electron chi connectivity index (χ1n) is 8.49. The highest BCUT2D eigenvalue weighted by molar-refractivity contribution is 6.14. The van der Waals surface area contributed by atoms with Gasteiger partial charge in [-0.25, -0.2) is 4.52 Å². The summed E-state index contributed by atoms with van der Waals surface area (Å²) in [4.78, 5) is 0. The molecule has 0 amide bonds. The standard InChI is InChI=1S/C22H13F3N2/c23-22(24,25)16-10-11-19-18(12-16)20(14-6-2-1-3-7-14)21-17-9-5-4-8-15(17)13-26-27(19)21/h1-13H. The molecule has 27 heavy (non-hydrogen) atoms. The molecule has 0 fully saturated rings. The largest absolute Gasteiger partial charge is 0.416 e. The maximum Gasteiger partial charge on any atom is 0.416 e. The van der Waals surface area contributed by atoms with Gasteiger partial charge in [-0.3, -0.25) is 0 Å². The summed E-state index contributed by atoms with van der Waals surface area (Å²) in [7, 11) is 0. The molecule has 0 aliphatic carbocycles. The molecule has 0 spiro atoms. The van der Waals surface area contributed by atoms with Gasteiger partial charge < -0.3 is 0 Å². The third-order valence-electron chi connectivity index (χ3n) is 4.86. The van der Waals surface area contributed by atoms with Gasteiger partial charge >= 0.3 is 6.18 Å². The van der Waals surface area contributed by atoms with Crippen molar-refractivity contribution >= 4 is 27.2 Å². The first kappa shape index (κ1) is 15.9. The van der Waals surface area contributed by atoms with Crippen molar-refractivity contribution in [3.05, 3.63) is 84.6 Å². The topological polar surface area (TPSA) is 17.3 Å². The molecule has 5 aromatic rings. The van der Waals surface area contributed by atoms with Crippen LogP contribution < -0.4 is 0 Å². The van der Waals surface area contributed by atoms with E-state index in [4.69, 9.17) is 0 Å². The van der Waals surface area contributed by atoms with Crippen molar-refractivity contribution in [3.63, 3.8) is 0 Å². The lowest BCUT2D eigenvalue weighted by Gasteiger charge is -2.07. The number of nitrogens with zero attached hydrogens (tertiary/aromatic N) is 2. The van der Waals surface area contributed by atoms with Crippen molar-refractivity contribution in [1.29, 1.82) is 0 Å². The Kier molecular flexibility index (Phi) is 3.28. The van der Waals surface area contributed by atoms with E-state index in [2.05, 4.69) is 5.10 Å². The molecule has 0 aliphatic heterocycles. The van der Waals surface area contributed by atoms with Crippen LogP contribution >= 0.6 is 0 Å². The molecule has 5 heteroatoms. The lowest BCUT2D eigenvalue weighted by atomic mass is 9.99. The highest BCUT2D eigenvalue weighted by Crippen LogP contribution is 2.40. The summed E-state index contributed by atoms with van der Waals surface area (Å²) in [6, 6.07) is 21.1. The van der Waals surface area contributed by atoms with Crippen LogP contribution in [0.25, 0.3) is 38.3 Å². The Bertz CT molecular complexity index is 1300. The summed E-state index contributed by atoms with van der Waals surface area (Å²) in [5.74, 6) is 0. The maximum atomic E-state index is 13.3. The number of halogens is 3. The maximum absolute atomic E-state index is 13.3. The fraction of sp³-hybridized carbons (Fsp3) is 0.0455. The predicted molar refractivity (Wildman–Crippen MR) is 101 cm³/mol. The third-order valence-corrected chi connectivity index (χ3v) is 4.86. The lowest BCUT2D eigenvalue weighted by molar-refractivity contribution is -0.137. The summed E-state index contributed by atoms with van der Waals surface area (Å²) >= 11 is 0. The van der Waals surface area contributed by atoms with E-state index >= 15 is 0 Å². The molecule has 0 bridgehead atoms. The van der Waals surface area contributed by atoms with Crippen LogP contribution in [-0.4, -0.2) is 9.61 Å². The summed E-state index contributed by atoms with van der Waals surface area (Å²) in [6.45, 7) is 0. The van der Waals surface area contributed by atoms with Crippen LogP contribution in [0, 0.1) is 0 Å². The van der Waals surface area contributed by atoms with E-state index in [1.54, 1.807) is 10.7 Å². The highest BCUT2D eigenvalue weighted by Gasteiger charge is 2.31. The van der Waals surface area contributed by atoms with Crippen molar-refractivity contribution in [2.45, 2.75) is 6.18 Å². The molecule has 3 aromatic carbocycles.